The van der Waals surface area contributed by atoms with Gasteiger partial charge in [-0.15, -0.1) is 0 Å². The van der Waals surface area contributed by atoms with E-state index in [0.29, 0.717) is 0 Å². The number of para-hydroxylation sites is 1. The molecule has 0 unspecified atom stereocenters. The molecule has 2 aromatic rings. The molecule has 3 nitrogen and oxygen atoms in total. The van der Waals surface area contributed by atoms with Gasteiger partial charge in [0.25, 0.3) is 0 Å². The molecular formula is C17H21N3. The Hall–Kier alpha value is -2.03. The van der Waals surface area contributed by atoms with E-state index in [-0.39, 0.29) is 0 Å². The van der Waals surface area contributed by atoms with Crippen LogP contribution in [0.1, 0.15) is 28.9 Å². The first-order valence-electron chi connectivity index (χ1n) is 7.27. The Bertz CT molecular complexity index is 620. The van der Waals surface area contributed by atoms with Gasteiger partial charge in [0.15, 0.2) is 0 Å². The molecule has 0 atom stereocenters. The van der Waals surface area contributed by atoms with Crippen molar-refractivity contribution in [3.63, 3.8) is 0 Å². The average Bonchev–Trinajstić information content (AvgIpc) is 2.46. The van der Waals surface area contributed by atoms with Crippen molar-refractivity contribution in [1.82, 2.24) is 4.98 Å². The maximum absolute atomic E-state index is 4.50. The summed E-state index contributed by atoms with van der Waals surface area (Å²) in [6, 6.07) is 10.7. The zero-order valence-electron chi connectivity index (χ0n) is 12.2. The summed E-state index contributed by atoms with van der Waals surface area (Å²) in [4.78, 5) is 4.50. The van der Waals surface area contributed by atoms with Gasteiger partial charge in [0.2, 0.25) is 0 Å². The predicted molar refractivity (Wildman–Crippen MR) is 84.3 cm³/mol. The van der Waals surface area contributed by atoms with Crippen LogP contribution < -0.4 is 10.6 Å². The topological polar surface area (TPSA) is 37.0 Å². The zero-order valence-corrected chi connectivity index (χ0v) is 12.2. The summed E-state index contributed by atoms with van der Waals surface area (Å²) >= 11 is 0. The first-order chi connectivity index (χ1) is 9.74. The highest BCUT2D eigenvalue weighted by molar-refractivity contribution is 5.60. The molecule has 0 aliphatic carbocycles. The summed E-state index contributed by atoms with van der Waals surface area (Å²) in [7, 11) is 0. The highest BCUT2D eigenvalue weighted by Crippen LogP contribution is 2.27. The van der Waals surface area contributed by atoms with Crippen LogP contribution in [0.25, 0.3) is 0 Å². The number of benzene rings is 1. The Morgan fingerprint density at radius 1 is 1.20 bits per heavy atom. The van der Waals surface area contributed by atoms with Gasteiger partial charge >= 0.3 is 0 Å². The molecule has 1 aromatic heterocycles. The van der Waals surface area contributed by atoms with Crippen molar-refractivity contribution in [2.45, 2.75) is 33.2 Å². The van der Waals surface area contributed by atoms with E-state index in [1.54, 1.807) is 0 Å². The summed E-state index contributed by atoms with van der Waals surface area (Å²) in [5.41, 5.74) is 7.33. The van der Waals surface area contributed by atoms with E-state index in [1.807, 2.05) is 19.9 Å². The highest BCUT2D eigenvalue weighted by Gasteiger charge is 2.12. The monoisotopic (exact) mass is 267 g/mol. The van der Waals surface area contributed by atoms with Crippen molar-refractivity contribution in [3.05, 3.63) is 52.8 Å². The molecule has 2 heterocycles. The lowest BCUT2D eigenvalue weighted by Crippen LogP contribution is -2.15. The van der Waals surface area contributed by atoms with Gasteiger partial charge in [0, 0.05) is 24.5 Å². The van der Waals surface area contributed by atoms with Crippen LogP contribution >= 0.6 is 0 Å². The fraction of sp³-hybridized carbons (Fsp3) is 0.353. The smallest absolute Gasteiger partial charge is 0.0606 e. The minimum atomic E-state index is 0.835. The summed E-state index contributed by atoms with van der Waals surface area (Å²) in [6.07, 6.45) is 2.41. The number of hydrogen-bond acceptors (Lipinski definition) is 3. The van der Waals surface area contributed by atoms with Crippen LogP contribution in [0.15, 0.2) is 30.3 Å². The number of anilines is 2. The van der Waals surface area contributed by atoms with E-state index in [9.17, 15) is 0 Å². The van der Waals surface area contributed by atoms with E-state index in [2.05, 4.69) is 39.9 Å². The molecule has 1 aliphatic heterocycles. The summed E-state index contributed by atoms with van der Waals surface area (Å²) < 4.78 is 0. The van der Waals surface area contributed by atoms with Crippen molar-refractivity contribution in [2.75, 3.05) is 17.2 Å². The number of pyridine rings is 1. The van der Waals surface area contributed by atoms with Gasteiger partial charge in [-0.1, -0.05) is 18.2 Å². The number of fused-ring (bicyclic) bond motifs is 1. The van der Waals surface area contributed by atoms with Gasteiger partial charge in [-0.05, 0) is 49.9 Å². The zero-order chi connectivity index (χ0) is 13.9. The van der Waals surface area contributed by atoms with Crippen LogP contribution in [0.3, 0.4) is 0 Å². The quantitative estimate of drug-likeness (QED) is 0.891. The van der Waals surface area contributed by atoms with Gasteiger partial charge in [-0.2, -0.15) is 0 Å². The minimum absolute atomic E-state index is 0.835. The molecule has 2 N–H and O–H groups in total. The largest absolute Gasteiger partial charge is 0.385 e. The van der Waals surface area contributed by atoms with E-state index in [1.165, 1.54) is 29.7 Å². The van der Waals surface area contributed by atoms with Crippen molar-refractivity contribution in [3.8, 4) is 0 Å². The molecular weight excluding hydrogens is 246 g/mol. The molecule has 20 heavy (non-hydrogen) atoms. The fourth-order valence-corrected chi connectivity index (χ4v) is 2.79. The lowest BCUT2D eigenvalue weighted by Gasteiger charge is -2.21. The summed E-state index contributed by atoms with van der Waals surface area (Å²) in [5, 5.41) is 7.04. The van der Waals surface area contributed by atoms with Gasteiger partial charge < -0.3 is 10.6 Å². The molecule has 1 aromatic carbocycles. The Morgan fingerprint density at radius 2 is 2.10 bits per heavy atom. The third-order valence-corrected chi connectivity index (χ3v) is 3.86. The first kappa shape index (κ1) is 13.0. The molecule has 0 radical (unpaired) electrons. The van der Waals surface area contributed by atoms with E-state index in [4.69, 9.17) is 0 Å². The van der Waals surface area contributed by atoms with E-state index >= 15 is 0 Å². The van der Waals surface area contributed by atoms with Crippen LogP contribution in [0.4, 0.5) is 11.4 Å². The van der Waals surface area contributed by atoms with Gasteiger partial charge in [-0.3, -0.25) is 4.98 Å². The molecule has 104 valence electrons. The number of rotatable bonds is 3. The van der Waals surface area contributed by atoms with Crippen molar-refractivity contribution in [2.24, 2.45) is 0 Å². The Morgan fingerprint density at radius 3 is 2.95 bits per heavy atom. The summed E-state index contributed by atoms with van der Waals surface area (Å²) in [6.45, 7) is 5.99. The Kier molecular flexibility index (Phi) is 3.59. The molecule has 3 heteroatoms. The molecule has 3 rings (SSSR count). The third kappa shape index (κ3) is 2.62. The first-order valence-corrected chi connectivity index (χ1v) is 7.27. The molecule has 0 saturated carbocycles. The maximum atomic E-state index is 4.50. The summed E-state index contributed by atoms with van der Waals surface area (Å²) in [5.74, 6) is 0. The minimum Gasteiger partial charge on any atom is -0.385 e. The van der Waals surface area contributed by atoms with E-state index < -0.39 is 0 Å². The van der Waals surface area contributed by atoms with Crippen LogP contribution in [0, 0.1) is 13.8 Å². The molecule has 0 amide bonds. The Balaban J connectivity index is 1.78. The second kappa shape index (κ2) is 5.53. The van der Waals surface area contributed by atoms with Gasteiger partial charge in [0.05, 0.1) is 11.4 Å². The van der Waals surface area contributed by atoms with Crippen molar-refractivity contribution in [1.29, 1.82) is 0 Å². The number of hydrogen-bond donors (Lipinski definition) is 2. The molecule has 0 fully saturated rings. The number of aromatic nitrogens is 1. The van der Waals surface area contributed by atoms with Gasteiger partial charge in [0.1, 0.15) is 0 Å². The second-order valence-electron chi connectivity index (χ2n) is 5.42. The second-order valence-corrected chi connectivity index (χ2v) is 5.42. The van der Waals surface area contributed by atoms with Crippen LogP contribution in [0.5, 0.6) is 0 Å². The number of nitrogens with zero attached hydrogens (tertiary/aromatic N) is 1. The maximum Gasteiger partial charge on any atom is 0.0606 e. The van der Waals surface area contributed by atoms with Crippen molar-refractivity contribution < 1.29 is 0 Å². The molecule has 0 bridgehead atoms. The number of nitrogens with one attached hydrogen (secondary N) is 2. The lowest BCUT2D eigenvalue weighted by atomic mass is 9.99. The van der Waals surface area contributed by atoms with Crippen molar-refractivity contribution >= 4 is 11.4 Å². The number of aryl methyl sites for hydroxylation is 3. The third-order valence-electron chi connectivity index (χ3n) is 3.86. The highest BCUT2D eigenvalue weighted by atomic mass is 14.9. The average molecular weight is 267 g/mol. The Labute approximate surface area is 120 Å². The van der Waals surface area contributed by atoms with Crippen LogP contribution in [-0.4, -0.2) is 11.5 Å². The van der Waals surface area contributed by atoms with Gasteiger partial charge in [-0.25, -0.2) is 0 Å². The molecule has 1 aliphatic rings. The predicted octanol–water partition coefficient (Wildman–Crippen LogP) is 3.67. The standard InChI is InChI=1S/C17H21N3/c1-12-8-9-16(13(2)20-12)19-11-15-6-3-5-14-7-4-10-18-17(14)15/h3,5-6,8-9,18-19H,4,7,10-11H2,1-2H3. The fourth-order valence-electron chi connectivity index (χ4n) is 2.79. The normalized spacial score (nSPS) is 13.5. The van der Waals surface area contributed by atoms with E-state index in [0.717, 1.165) is 30.2 Å². The van der Waals surface area contributed by atoms with Crippen LogP contribution in [0.2, 0.25) is 0 Å². The molecule has 0 spiro atoms. The lowest BCUT2D eigenvalue weighted by molar-refractivity contribution is 0.825. The van der Waals surface area contributed by atoms with Crippen LogP contribution in [-0.2, 0) is 13.0 Å². The SMILES string of the molecule is Cc1ccc(NCc2cccc3c2NCCC3)c(C)n1. The molecule has 0 saturated heterocycles.